The van der Waals surface area contributed by atoms with E-state index in [0.29, 0.717) is 16.5 Å². The van der Waals surface area contributed by atoms with Gasteiger partial charge < -0.3 is 9.52 Å². The van der Waals surface area contributed by atoms with Crippen molar-refractivity contribution in [3.63, 3.8) is 0 Å². The Balaban J connectivity index is 2.26. The van der Waals surface area contributed by atoms with E-state index in [2.05, 4.69) is 15.9 Å². The minimum Gasteiger partial charge on any atom is -0.472 e. The van der Waals surface area contributed by atoms with Crippen LogP contribution >= 0.6 is 15.9 Å². The van der Waals surface area contributed by atoms with Gasteiger partial charge in [-0.1, -0.05) is 15.9 Å². The lowest BCUT2D eigenvalue weighted by atomic mass is 9.91. The highest BCUT2D eigenvalue weighted by molar-refractivity contribution is 9.10. The van der Waals surface area contributed by atoms with Crippen LogP contribution in [-0.2, 0) is 12.0 Å². The number of furan rings is 1. The van der Waals surface area contributed by atoms with Gasteiger partial charge in [-0.25, -0.2) is 4.39 Å². The average molecular weight is 299 g/mol. The molecular formula is C13H12BrFO2. The molecule has 1 aromatic carbocycles. The maximum absolute atomic E-state index is 13.2. The summed E-state index contributed by atoms with van der Waals surface area (Å²) in [5.41, 5.74) is 0.334. The molecule has 1 unspecified atom stereocenters. The fourth-order valence-corrected chi connectivity index (χ4v) is 2.30. The Morgan fingerprint density at radius 2 is 2.18 bits per heavy atom. The summed E-state index contributed by atoms with van der Waals surface area (Å²) in [6.07, 6.45) is 3.32. The molecule has 2 rings (SSSR count). The molecule has 1 atom stereocenters. The molecule has 0 bridgehead atoms. The summed E-state index contributed by atoms with van der Waals surface area (Å²) in [5.74, 6) is -0.322. The van der Waals surface area contributed by atoms with E-state index in [0.717, 1.165) is 5.56 Å². The van der Waals surface area contributed by atoms with E-state index in [1.807, 2.05) is 0 Å². The van der Waals surface area contributed by atoms with Crippen LogP contribution in [-0.4, -0.2) is 5.11 Å². The Hall–Kier alpha value is -1.13. The van der Waals surface area contributed by atoms with Gasteiger partial charge in [0.15, 0.2) is 0 Å². The Kier molecular flexibility index (Phi) is 3.35. The molecule has 0 spiro atoms. The zero-order valence-electron chi connectivity index (χ0n) is 9.28. The average Bonchev–Trinajstić information content (AvgIpc) is 2.67. The van der Waals surface area contributed by atoms with E-state index in [1.54, 1.807) is 19.1 Å². The predicted octanol–water partition coefficient (Wildman–Crippen LogP) is 3.63. The number of hydrogen-bond acceptors (Lipinski definition) is 2. The predicted molar refractivity (Wildman–Crippen MR) is 66.1 cm³/mol. The molecule has 17 heavy (non-hydrogen) atoms. The maximum Gasteiger partial charge on any atom is 0.124 e. The molecule has 4 heteroatoms. The molecule has 0 radical (unpaired) electrons. The topological polar surface area (TPSA) is 33.4 Å². The standard InChI is InChI=1S/C13H12BrFO2/c1-13(16,10-2-3-17-8-10)7-9-4-11(14)6-12(15)5-9/h2-6,8,16H,7H2,1H3. The van der Waals surface area contributed by atoms with Crippen LogP contribution in [0.2, 0.25) is 0 Å². The molecule has 0 amide bonds. The molecule has 2 nitrogen and oxygen atoms in total. The highest BCUT2D eigenvalue weighted by Gasteiger charge is 2.25. The fraction of sp³-hybridized carbons (Fsp3) is 0.231. The lowest BCUT2D eigenvalue weighted by Gasteiger charge is -2.22. The minimum absolute atomic E-state index is 0.322. The van der Waals surface area contributed by atoms with Crippen molar-refractivity contribution in [1.82, 2.24) is 0 Å². The lowest BCUT2D eigenvalue weighted by Crippen LogP contribution is -2.23. The van der Waals surface area contributed by atoms with Crippen LogP contribution in [0, 0.1) is 5.82 Å². The van der Waals surface area contributed by atoms with Gasteiger partial charge in [-0.3, -0.25) is 0 Å². The summed E-state index contributed by atoms with van der Waals surface area (Å²) in [6, 6.07) is 6.29. The van der Waals surface area contributed by atoms with Crippen LogP contribution < -0.4 is 0 Å². The molecule has 0 aliphatic carbocycles. The number of halogens is 2. The van der Waals surface area contributed by atoms with Crippen LogP contribution in [0.15, 0.2) is 45.7 Å². The third kappa shape index (κ3) is 2.96. The second-order valence-electron chi connectivity index (χ2n) is 4.24. The van der Waals surface area contributed by atoms with Gasteiger partial charge in [0.05, 0.1) is 18.1 Å². The van der Waals surface area contributed by atoms with Gasteiger partial charge in [-0.2, -0.15) is 0 Å². The Labute approximate surface area is 107 Å². The van der Waals surface area contributed by atoms with Gasteiger partial charge in [0.1, 0.15) is 5.82 Å². The molecule has 2 aromatic rings. The van der Waals surface area contributed by atoms with Gasteiger partial charge in [-0.15, -0.1) is 0 Å². The molecular weight excluding hydrogens is 287 g/mol. The zero-order chi connectivity index (χ0) is 12.5. The van der Waals surface area contributed by atoms with Gasteiger partial charge in [0.25, 0.3) is 0 Å². The second kappa shape index (κ2) is 4.63. The van der Waals surface area contributed by atoms with Crippen molar-refractivity contribution in [3.8, 4) is 0 Å². The van der Waals surface area contributed by atoms with Gasteiger partial charge in [0.2, 0.25) is 0 Å². The number of rotatable bonds is 3. The molecule has 0 saturated heterocycles. The zero-order valence-corrected chi connectivity index (χ0v) is 10.9. The molecule has 0 fully saturated rings. The largest absolute Gasteiger partial charge is 0.472 e. The molecule has 0 aliphatic rings. The summed E-state index contributed by atoms with van der Waals surface area (Å²) in [5, 5.41) is 10.3. The molecule has 1 N–H and O–H groups in total. The number of benzene rings is 1. The molecule has 0 saturated carbocycles. The summed E-state index contributed by atoms with van der Waals surface area (Å²) < 4.78 is 18.8. The van der Waals surface area contributed by atoms with Crippen molar-refractivity contribution in [2.45, 2.75) is 18.9 Å². The molecule has 90 valence electrons. The second-order valence-corrected chi connectivity index (χ2v) is 5.16. The SMILES string of the molecule is CC(O)(Cc1cc(F)cc(Br)c1)c1ccoc1. The van der Waals surface area contributed by atoms with E-state index < -0.39 is 5.60 Å². The van der Waals surface area contributed by atoms with E-state index in [1.165, 1.54) is 24.7 Å². The third-order valence-electron chi connectivity index (χ3n) is 2.61. The summed E-state index contributed by atoms with van der Waals surface area (Å²) in [7, 11) is 0. The minimum atomic E-state index is -1.07. The molecule has 1 aromatic heterocycles. The van der Waals surface area contributed by atoms with Crippen molar-refractivity contribution in [2.75, 3.05) is 0 Å². The third-order valence-corrected chi connectivity index (χ3v) is 3.07. The van der Waals surface area contributed by atoms with Gasteiger partial charge in [0, 0.05) is 16.5 Å². The highest BCUT2D eigenvalue weighted by atomic mass is 79.9. The van der Waals surface area contributed by atoms with E-state index in [-0.39, 0.29) is 5.82 Å². The van der Waals surface area contributed by atoms with E-state index in [4.69, 9.17) is 4.42 Å². The van der Waals surface area contributed by atoms with Crippen LogP contribution in [0.3, 0.4) is 0 Å². The first-order valence-corrected chi connectivity index (χ1v) is 5.97. The van der Waals surface area contributed by atoms with E-state index in [9.17, 15) is 9.50 Å². The fourth-order valence-electron chi connectivity index (χ4n) is 1.78. The monoisotopic (exact) mass is 298 g/mol. The normalized spacial score (nSPS) is 14.6. The first-order valence-electron chi connectivity index (χ1n) is 5.17. The van der Waals surface area contributed by atoms with Crippen LogP contribution in [0.4, 0.5) is 4.39 Å². The van der Waals surface area contributed by atoms with Crippen LogP contribution in [0.5, 0.6) is 0 Å². The maximum atomic E-state index is 13.2. The van der Waals surface area contributed by atoms with Crippen molar-refractivity contribution in [3.05, 3.63) is 58.2 Å². The Morgan fingerprint density at radius 3 is 2.76 bits per heavy atom. The summed E-state index contributed by atoms with van der Waals surface area (Å²) in [6.45, 7) is 1.68. The summed E-state index contributed by atoms with van der Waals surface area (Å²) in [4.78, 5) is 0. The first kappa shape index (κ1) is 12.3. The van der Waals surface area contributed by atoms with Crippen LogP contribution in [0.1, 0.15) is 18.1 Å². The van der Waals surface area contributed by atoms with Crippen molar-refractivity contribution >= 4 is 15.9 Å². The number of aliphatic hydroxyl groups is 1. The highest BCUT2D eigenvalue weighted by Crippen LogP contribution is 2.27. The quantitative estimate of drug-likeness (QED) is 0.939. The Bertz CT molecular complexity index is 486. The van der Waals surface area contributed by atoms with Crippen molar-refractivity contribution in [2.24, 2.45) is 0 Å². The summed E-state index contributed by atoms with van der Waals surface area (Å²) >= 11 is 3.23. The molecule has 0 aliphatic heterocycles. The Morgan fingerprint density at radius 1 is 1.41 bits per heavy atom. The number of hydrogen-bond donors (Lipinski definition) is 1. The van der Waals surface area contributed by atoms with Crippen molar-refractivity contribution in [1.29, 1.82) is 0 Å². The van der Waals surface area contributed by atoms with E-state index >= 15 is 0 Å². The first-order chi connectivity index (χ1) is 7.97. The van der Waals surface area contributed by atoms with Crippen LogP contribution in [0.25, 0.3) is 0 Å². The molecule has 1 heterocycles. The van der Waals surface area contributed by atoms with Gasteiger partial charge >= 0.3 is 0 Å². The van der Waals surface area contributed by atoms with Gasteiger partial charge in [-0.05, 0) is 36.8 Å². The smallest absolute Gasteiger partial charge is 0.124 e. The van der Waals surface area contributed by atoms with Crippen molar-refractivity contribution < 1.29 is 13.9 Å². The lowest BCUT2D eigenvalue weighted by molar-refractivity contribution is 0.0569.